The molecule has 2 heterocycles. The van der Waals surface area contributed by atoms with Gasteiger partial charge in [-0.3, -0.25) is 4.40 Å². The zero-order chi connectivity index (χ0) is 13.2. The van der Waals surface area contributed by atoms with Crippen LogP contribution in [-0.4, -0.2) is 16.4 Å². The van der Waals surface area contributed by atoms with E-state index in [4.69, 9.17) is 11.6 Å². The van der Waals surface area contributed by atoms with Crippen LogP contribution in [0, 0.1) is 0 Å². The molecule has 0 saturated heterocycles. The summed E-state index contributed by atoms with van der Waals surface area (Å²) in [6.07, 6.45) is 3.79. The van der Waals surface area contributed by atoms with E-state index in [1.807, 2.05) is 43.7 Å². The van der Waals surface area contributed by atoms with E-state index in [9.17, 15) is 0 Å². The zero-order valence-corrected chi connectivity index (χ0v) is 11.4. The summed E-state index contributed by atoms with van der Waals surface area (Å²) in [4.78, 5) is 4.32. The number of imidazole rings is 1. The molecule has 4 heteroatoms. The van der Waals surface area contributed by atoms with Crippen molar-refractivity contribution in [1.29, 1.82) is 0 Å². The normalized spacial score (nSPS) is 11.1. The molecule has 1 N–H and O–H groups in total. The molecule has 3 aromatic rings. The van der Waals surface area contributed by atoms with Crippen LogP contribution in [0.15, 0.2) is 48.8 Å². The van der Waals surface area contributed by atoms with Gasteiger partial charge in [0.2, 0.25) is 0 Å². The average Bonchev–Trinajstić information content (AvgIpc) is 2.88. The van der Waals surface area contributed by atoms with Gasteiger partial charge in [0.05, 0.1) is 5.69 Å². The number of nitrogens with zero attached hydrogens (tertiary/aromatic N) is 2. The fourth-order valence-electron chi connectivity index (χ4n) is 2.32. The molecule has 0 radical (unpaired) electrons. The van der Waals surface area contributed by atoms with Crippen LogP contribution in [-0.2, 0) is 6.54 Å². The summed E-state index contributed by atoms with van der Waals surface area (Å²) in [5.41, 5.74) is 4.42. The Kier molecular flexibility index (Phi) is 3.23. The number of hydrogen-bond donors (Lipinski definition) is 1. The predicted molar refractivity (Wildman–Crippen MR) is 78.4 cm³/mol. The number of hydrogen-bond acceptors (Lipinski definition) is 2. The van der Waals surface area contributed by atoms with Crippen LogP contribution in [0.5, 0.6) is 0 Å². The SMILES string of the molecule is CNCc1cc(Cl)ccc1-c1cccc2nccn12. The summed E-state index contributed by atoms with van der Waals surface area (Å²) in [5.74, 6) is 0. The molecule has 3 rings (SSSR count). The minimum Gasteiger partial charge on any atom is -0.316 e. The van der Waals surface area contributed by atoms with Crippen molar-refractivity contribution in [2.45, 2.75) is 6.54 Å². The monoisotopic (exact) mass is 271 g/mol. The molecule has 0 unspecified atom stereocenters. The maximum absolute atomic E-state index is 6.09. The number of pyridine rings is 1. The largest absolute Gasteiger partial charge is 0.316 e. The molecule has 1 aromatic carbocycles. The standard InChI is InChI=1S/C15H14ClN3/c1-17-10-11-9-12(16)5-6-13(11)14-3-2-4-15-18-7-8-19(14)15/h2-9,17H,10H2,1H3. The lowest BCUT2D eigenvalue weighted by atomic mass is 10.0. The Morgan fingerprint density at radius 3 is 3.00 bits per heavy atom. The van der Waals surface area contributed by atoms with E-state index in [0.29, 0.717) is 0 Å². The Hall–Kier alpha value is -1.84. The molecule has 96 valence electrons. The summed E-state index contributed by atoms with van der Waals surface area (Å²) in [6, 6.07) is 12.1. The Bertz CT molecular complexity index is 718. The third-order valence-corrected chi connectivity index (χ3v) is 3.37. The smallest absolute Gasteiger partial charge is 0.137 e. The summed E-state index contributed by atoms with van der Waals surface area (Å²) < 4.78 is 2.09. The number of benzene rings is 1. The quantitative estimate of drug-likeness (QED) is 0.791. The van der Waals surface area contributed by atoms with Gasteiger partial charge < -0.3 is 5.32 Å². The van der Waals surface area contributed by atoms with Crippen molar-refractivity contribution in [2.24, 2.45) is 0 Å². The van der Waals surface area contributed by atoms with Crippen LogP contribution in [0.3, 0.4) is 0 Å². The summed E-state index contributed by atoms with van der Waals surface area (Å²) in [7, 11) is 1.93. The van der Waals surface area contributed by atoms with Crippen molar-refractivity contribution in [3.8, 4) is 11.3 Å². The molecule has 0 aliphatic carbocycles. The first-order valence-electron chi connectivity index (χ1n) is 6.15. The minimum atomic E-state index is 0.756. The Morgan fingerprint density at radius 2 is 2.16 bits per heavy atom. The molecule has 0 aliphatic heterocycles. The van der Waals surface area contributed by atoms with E-state index in [2.05, 4.69) is 26.8 Å². The fraction of sp³-hybridized carbons (Fsp3) is 0.133. The van der Waals surface area contributed by atoms with Gasteiger partial charge in [-0.15, -0.1) is 0 Å². The topological polar surface area (TPSA) is 29.3 Å². The van der Waals surface area contributed by atoms with Crippen molar-refractivity contribution in [3.05, 3.63) is 59.4 Å². The Balaban J connectivity index is 2.23. The van der Waals surface area contributed by atoms with E-state index in [-0.39, 0.29) is 0 Å². The van der Waals surface area contributed by atoms with Crippen LogP contribution in [0.2, 0.25) is 5.02 Å². The molecular weight excluding hydrogens is 258 g/mol. The predicted octanol–water partition coefficient (Wildman–Crippen LogP) is 3.37. The van der Waals surface area contributed by atoms with Gasteiger partial charge in [0.15, 0.2) is 0 Å². The van der Waals surface area contributed by atoms with Crippen molar-refractivity contribution >= 4 is 17.2 Å². The van der Waals surface area contributed by atoms with Crippen LogP contribution in [0.4, 0.5) is 0 Å². The highest BCUT2D eigenvalue weighted by Crippen LogP contribution is 2.27. The van der Waals surface area contributed by atoms with Gasteiger partial charge in [-0.2, -0.15) is 0 Å². The van der Waals surface area contributed by atoms with Crippen LogP contribution < -0.4 is 5.32 Å². The van der Waals surface area contributed by atoms with Crippen molar-refractivity contribution in [2.75, 3.05) is 7.05 Å². The van der Waals surface area contributed by atoms with Gasteiger partial charge in [-0.25, -0.2) is 4.98 Å². The van der Waals surface area contributed by atoms with E-state index in [1.165, 1.54) is 11.1 Å². The van der Waals surface area contributed by atoms with Crippen LogP contribution in [0.25, 0.3) is 16.9 Å². The highest BCUT2D eigenvalue weighted by atomic mass is 35.5. The highest BCUT2D eigenvalue weighted by Gasteiger charge is 2.09. The third-order valence-electron chi connectivity index (χ3n) is 3.14. The summed E-state index contributed by atoms with van der Waals surface area (Å²) >= 11 is 6.09. The average molecular weight is 272 g/mol. The molecule has 0 spiro atoms. The minimum absolute atomic E-state index is 0.756. The molecule has 2 aromatic heterocycles. The maximum Gasteiger partial charge on any atom is 0.137 e. The fourth-order valence-corrected chi connectivity index (χ4v) is 2.51. The first-order valence-corrected chi connectivity index (χ1v) is 6.53. The van der Waals surface area contributed by atoms with Crippen LogP contribution in [0.1, 0.15) is 5.56 Å². The Labute approximate surface area is 116 Å². The second-order valence-corrected chi connectivity index (χ2v) is 4.83. The first kappa shape index (κ1) is 12.2. The number of nitrogens with one attached hydrogen (secondary N) is 1. The molecular formula is C15H14ClN3. The van der Waals surface area contributed by atoms with E-state index < -0.39 is 0 Å². The lowest BCUT2D eigenvalue weighted by Crippen LogP contribution is -2.07. The van der Waals surface area contributed by atoms with Gasteiger partial charge in [0.25, 0.3) is 0 Å². The molecule has 0 fully saturated rings. The summed E-state index contributed by atoms with van der Waals surface area (Å²) in [5, 5.41) is 3.94. The second-order valence-electron chi connectivity index (χ2n) is 4.40. The molecule has 0 saturated carbocycles. The lowest BCUT2D eigenvalue weighted by Gasteiger charge is -2.12. The lowest BCUT2D eigenvalue weighted by molar-refractivity contribution is 0.818. The van der Waals surface area contributed by atoms with E-state index in [0.717, 1.165) is 22.9 Å². The van der Waals surface area contributed by atoms with Crippen molar-refractivity contribution in [3.63, 3.8) is 0 Å². The number of fused-ring (bicyclic) bond motifs is 1. The number of aromatic nitrogens is 2. The summed E-state index contributed by atoms with van der Waals surface area (Å²) in [6.45, 7) is 0.779. The third kappa shape index (κ3) is 2.23. The van der Waals surface area contributed by atoms with Gasteiger partial charge >= 0.3 is 0 Å². The molecule has 0 amide bonds. The van der Waals surface area contributed by atoms with Gasteiger partial charge in [0.1, 0.15) is 5.65 Å². The van der Waals surface area contributed by atoms with Crippen molar-refractivity contribution in [1.82, 2.24) is 14.7 Å². The molecule has 0 bridgehead atoms. The Morgan fingerprint density at radius 1 is 1.26 bits per heavy atom. The van der Waals surface area contributed by atoms with E-state index >= 15 is 0 Å². The number of rotatable bonds is 3. The second kappa shape index (κ2) is 5.03. The zero-order valence-electron chi connectivity index (χ0n) is 10.6. The molecule has 3 nitrogen and oxygen atoms in total. The van der Waals surface area contributed by atoms with Gasteiger partial charge in [-0.1, -0.05) is 23.7 Å². The first-order chi connectivity index (χ1) is 9.29. The highest BCUT2D eigenvalue weighted by molar-refractivity contribution is 6.30. The number of halogens is 1. The molecule has 19 heavy (non-hydrogen) atoms. The van der Waals surface area contributed by atoms with Gasteiger partial charge in [-0.05, 0) is 36.9 Å². The van der Waals surface area contributed by atoms with Crippen molar-refractivity contribution < 1.29 is 0 Å². The maximum atomic E-state index is 6.09. The molecule has 0 atom stereocenters. The van der Waals surface area contributed by atoms with Crippen LogP contribution >= 0.6 is 11.6 Å². The van der Waals surface area contributed by atoms with Gasteiger partial charge in [0, 0.05) is 29.5 Å². The van der Waals surface area contributed by atoms with E-state index in [1.54, 1.807) is 0 Å². The molecule has 0 aliphatic rings.